The monoisotopic (exact) mass is 214 g/mol. The molecule has 1 rings (SSSR count). The first-order chi connectivity index (χ1) is 6.91. The Hall–Kier alpha value is -0.770. The average Bonchev–Trinajstić information content (AvgIpc) is 2.53. The Balaban J connectivity index is 2.41. The van der Waals surface area contributed by atoms with Crippen LogP contribution in [0.1, 0.15) is 46.5 Å². The fraction of sp³-hybridized carbons (Fsp3) is 0.909. The molecule has 0 saturated heterocycles. The second-order valence-electron chi connectivity index (χ2n) is 5.30. The summed E-state index contributed by atoms with van der Waals surface area (Å²) in [6.07, 6.45) is 4.12. The molecule has 15 heavy (non-hydrogen) atoms. The summed E-state index contributed by atoms with van der Waals surface area (Å²) in [5.41, 5.74) is 2.65. The van der Waals surface area contributed by atoms with E-state index in [0.29, 0.717) is 5.92 Å². The second kappa shape index (κ2) is 4.84. The number of hydrogen-bond acceptors (Lipinski definition) is 2. The van der Waals surface area contributed by atoms with E-state index in [1.165, 1.54) is 30.7 Å². The second-order valence-corrected chi connectivity index (χ2v) is 5.30. The zero-order valence-corrected chi connectivity index (χ0v) is 9.92. The molecule has 1 aliphatic carbocycles. The Kier molecular flexibility index (Phi) is 3.97. The van der Waals surface area contributed by atoms with Crippen molar-refractivity contribution in [3.63, 3.8) is 0 Å². The molecule has 0 radical (unpaired) electrons. The molecule has 1 amide bonds. The zero-order chi connectivity index (χ0) is 11.5. The van der Waals surface area contributed by atoms with Crippen molar-refractivity contribution in [2.75, 3.05) is 6.54 Å². The molecule has 0 aromatic carbocycles. The summed E-state index contributed by atoms with van der Waals surface area (Å²) >= 11 is 0. The molecule has 0 unspecified atom stereocenters. The van der Waals surface area contributed by atoms with Gasteiger partial charge < -0.3 is 5.11 Å². The molecular weight excluding hydrogens is 192 g/mol. The molecule has 0 aromatic rings. The smallest absolute Gasteiger partial charge is 0.422 e. The first-order valence-corrected chi connectivity index (χ1v) is 5.68. The Bertz CT molecular complexity index is 217. The lowest BCUT2D eigenvalue weighted by molar-refractivity contribution is 0.0602. The summed E-state index contributed by atoms with van der Waals surface area (Å²) in [7, 11) is 0. The number of amides is 1. The Morgan fingerprint density at radius 3 is 2.33 bits per heavy atom. The number of rotatable bonds is 3. The van der Waals surface area contributed by atoms with Crippen molar-refractivity contribution in [3.8, 4) is 0 Å². The van der Waals surface area contributed by atoms with Gasteiger partial charge in [-0.25, -0.2) is 15.2 Å². The fourth-order valence-electron chi connectivity index (χ4n) is 2.03. The molecule has 1 aliphatic rings. The van der Waals surface area contributed by atoms with Gasteiger partial charge in [-0.1, -0.05) is 12.8 Å². The van der Waals surface area contributed by atoms with E-state index in [4.69, 9.17) is 5.11 Å². The number of nitrogens with zero attached hydrogens (tertiary/aromatic N) is 1. The van der Waals surface area contributed by atoms with Gasteiger partial charge in [-0.15, -0.1) is 0 Å². The van der Waals surface area contributed by atoms with E-state index in [1.807, 2.05) is 20.8 Å². The van der Waals surface area contributed by atoms with Gasteiger partial charge in [-0.2, -0.15) is 0 Å². The molecule has 0 aromatic heterocycles. The lowest BCUT2D eigenvalue weighted by Gasteiger charge is -2.34. The van der Waals surface area contributed by atoms with Crippen molar-refractivity contribution in [2.24, 2.45) is 5.92 Å². The SMILES string of the molecule is CC(C)(C)N(NCC1CCCC1)C(=O)O. The summed E-state index contributed by atoms with van der Waals surface area (Å²) < 4.78 is 0. The fourth-order valence-corrected chi connectivity index (χ4v) is 2.03. The van der Waals surface area contributed by atoms with Gasteiger partial charge in [0.1, 0.15) is 0 Å². The lowest BCUT2D eigenvalue weighted by atomic mass is 10.1. The van der Waals surface area contributed by atoms with Crippen LogP contribution in [0, 0.1) is 5.92 Å². The molecule has 0 spiro atoms. The highest BCUT2D eigenvalue weighted by Crippen LogP contribution is 2.24. The van der Waals surface area contributed by atoms with Crippen LogP contribution < -0.4 is 5.43 Å². The predicted molar refractivity (Wildman–Crippen MR) is 59.6 cm³/mol. The largest absolute Gasteiger partial charge is 0.464 e. The minimum atomic E-state index is -0.902. The molecule has 0 atom stereocenters. The number of nitrogens with one attached hydrogen (secondary N) is 1. The van der Waals surface area contributed by atoms with Gasteiger partial charge in [0.25, 0.3) is 0 Å². The van der Waals surface area contributed by atoms with Gasteiger partial charge in [0.15, 0.2) is 0 Å². The van der Waals surface area contributed by atoms with Gasteiger partial charge >= 0.3 is 6.09 Å². The van der Waals surface area contributed by atoms with Crippen molar-refractivity contribution in [2.45, 2.75) is 52.0 Å². The van der Waals surface area contributed by atoms with Crippen LogP contribution in [-0.2, 0) is 0 Å². The Morgan fingerprint density at radius 2 is 1.93 bits per heavy atom. The topological polar surface area (TPSA) is 52.6 Å². The van der Waals surface area contributed by atoms with Crippen LogP contribution in [0.2, 0.25) is 0 Å². The van der Waals surface area contributed by atoms with Crippen LogP contribution in [0.15, 0.2) is 0 Å². The molecule has 1 saturated carbocycles. The highest BCUT2D eigenvalue weighted by molar-refractivity contribution is 5.65. The molecule has 4 nitrogen and oxygen atoms in total. The van der Waals surface area contributed by atoms with Gasteiger partial charge in [-0.3, -0.25) is 0 Å². The minimum absolute atomic E-state index is 0.384. The first-order valence-electron chi connectivity index (χ1n) is 5.68. The molecule has 0 heterocycles. The minimum Gasteiger partial charge on any atom is -0.464 e. The van der Waals surface area contributed by atoms with Gasteiger partial charge in [-0.05, 0) is 39.5 Å². The van der Waals surface area contributed by atoms with Crippen molar-refractivity contribution < 1.29 is 9.90 Å². The molecule has 2 N–H and O–H groups in total. The highest BCUT2D eigenvalue weighted by atomic mass is 16.4. The van der Waals surface area contributed by atoms with Crippen LogP contribution >= 0.6 is 0 Å². The standard InChI is InChI=1S/C11H22N2O2/c1-11(2,3)13(10(14)15)12-8-9-6-4-5-7-9/h9,12H,4-8H2,1-3H3,(H,14,15). The maximum atomic E-state index is 11.0. The molecular formula is C11H22N2O2. The number of carboxylic acid groups (broad SMARTS) is 1. The third kappa shape index (κ3) is 3.70. The zero-order valence-electron chi connectivity index (χ0n) is 9.92. The van der Waals surface area contributed by atoms with E-state index in [0.717, 1.165) is 6.54 Å². The van der Waals surface area contributed by atoms with E-state index in [1.54, 1.807) is 0 Å². The predicted octanol–water partition coefficient (Wildman–Crippen LogP) is 2.46. The summed E-state index contributed by atoms with van der Waals surface area (Å²) in [6.45, 7) is 6.46. The highest BCUT2D eigenvalue weighted by Gasteiger charge is 2.27. The summed E-state index contributed by atoms with van der Waals surface area (Å²) in [5, 5.41) is 10.4. The lowest BCUT2D eigenvalue weighted by Crippen LogP contribution is -2.54. The van der Waals surface area contributed by atoms with E-state index in [9.17, 15) is 4.79 Å². The molecule has 4 heteroatoms. The average molecular weight is 214 g/mol. The van der Waals surface area contributed by atoms with Gasteiger partial charge in [0.2, 0.25) is 0 Å². The first kappa shape index (κ1) is 12.3. The molecule has 88 valence electrons. The van der Waals surface area contributed by atoms with E-state index < -0.39 is 6.09 Å². The summed E-state index contributed by atoms with van der Waals surface area (Å²) in [5.74, 6) is 0.647. The van der Waals surface area contributed by atoms with Crippen LogP contribution in [0.25, 0.3) is 0 Å². The van der Waals surface area contributed by atoms with E-state index >= 15 is 0 Å². The Morgan fingerprint density at radius 1 is 1.40 bits per heavy atom. The molecule has 1 fully saturated rings. The van der Waals surface area contributed by atoms with Crippen LogP contribution in [0.5, 0.6) is 0 Å². The van der Waals surface area contributed by atoms with Crippen molar-refractivity contribution >= 4 is 6.09 Å². The number of hydrogen-bond donors (Lipinski definition) is 2. The maximum absolute atomic E-state index is 11.0. The third-order valence-electron chi connectivity index (χ3n) is 2.87. The van der Waals surface area contributed by atoms with Crippen LogP contribution in [0.4, 0.5) is 4.79 Å². The van der Waals surface area contributed by atoms with Gasteiger partial charge in [0.05, 0.1) is 5.54 Å². The van der Waals surface area contributed by atoms with Crippen LogP contribution in [0.3, 0.4) is 0 Å². The normalized spacial score (nSPS) is 18.1. The number of carbonyl (C=O) groups is 1. The quantitative estimate of drug-likeness (QED) is 0.709. The maximum Gasteiger partial charge on any atom is 0.422 e. The third-order valence-corrected chi connectivity index (χ3v) is 2.87. The van der Waals surface area contributed by atoms with Gasteiger partial charge in [0, 0.05) is 6.54 Å². The summed E-state index contributed by atoms with van der Waals surface area (Å²) in [4.78, 5) is 11.0. The van der Waals surface area contributed by atoms with E-state index in [2.05, 4.69) is 5.43 Å². The molecule has 0 bridgehead atoms. The van der Waals surface area contributed by atoms with Crippen LogP contribution in [-0.4, -0.2) is 28.3 Å². The molecule has 0 aliphatic heterocycles. The number of hydrazine groups is 1. The van der Waals surface area contributed by atoms with E-state index in [-0.39, 0.29) is 5.54 Å². The van der Waals surface area contributed by atoms with Crippen molar-refractivity contribution in [1.29, 1.82) is 0 Å². The summed E-state index contributed by atoms with van der Waals surface area (Å²) in [6, 6.07) is 0. The van der Waals surface area contributed by atoms with Crippen molar-refractivity contribution in [1.82, 2.24) is 10.4 Å². The Labute approximate surface area is 91.6 Å². The van der Waals surface area contributed by atoms with Crippen molar-refractivity contribution in [3.05, 3.63) is 0 Å².